The molecular weight excluding hydrogens is 372 g/mol. The van der Waals surface area contributed by atoms with Gasteiger partial charge >= 0.3 is 0 Å². The summed E-state index contributed by atoms with van der Waals surface area (Å²) in [7, 11) is 0. The second kappa shape index (κ2) is 6.19. The van der Waals surface area contributed by atoms with E-state index in [0.29, 0.717) is 0 Å². The Hall–Kier alpha value is -2.62. The van der Waals surface area contributed by atoms with Crippen molar-refractivity contribution in [3.05, 3.63) is 70.8 Å². The SMILES string of the molecule is c1ccc2c(c1)C[C@H]1OC(C3(C4=N[C@H]5c6ccccc6C[C@H]5O4)CCCCC3)=N[C@@H]21. The number of rotatable bonds is 2. The fraction of sp³-hybridized carbons (Fsp3) is 0.462. The molecule has 1 fully saturated rings. The molecule has 0 radical (unpaired) electrons. The summed E-state index contributed by atoms with van der Waals surface area (Å²) in [6, 6.07) is 17.6. The second-order valence-electron chi connectivity index (χ2n) is 9.52. The van der Waals surface area contributed by atoms with Crippen molar-refractivity contribution < 1.29 is 9.47 Å². The molecule has 0 amide bonds. The molecular formula is C26H26N2O2. The molecule has 152 valence electrons. The van der Waals surface area contributed by atoms with Crippen LogP contribution in [0.15, 0.2) is 58.5 Å². The molecule has 0 unspecified atom stereocenters. The summed E-state index contributed by atoms with van der Waals surface area (Å²) in [6.45, 7) is 0. The number of ether oxygens (including phenoxy) is 2. The van der Waals surface area contributed by atoms with Crippen LogP contribution in [-0.4, -0.2) is 24.0 Å². The number of hydrogen-bond acceptors (Lipinski definition) is 4. The summed E-state index contributed by atoms with van der Waals surface area (Å²) in [5, 5.41) is 0. The van der Waals surface area contributed by atoms with Crippen molar-refractivity contribution in [2.24, 2.45) is 15.4 Å². The maximum Gasteiger partial charge on any atom is 0.200 e. The third-order valence-electron chi connectivity index (χ3n) is 7.86. The van der Waals surface area contributed by atoms with Gasteiger partial charge < -0.3 is 9.47 Å². The van der Waals surface area contributed by atoms with E-state index in [1.807, 2.05) is 0 Å². The molecule has 0 saturated heterocycles. The van der Waals surface area contributed by atoms with Crippen LogP contribution in [-0.2, 0) is 22.3 Å². The maximum atomic E-state index is 6.60. The molecule has 3 aliphatic carbocycles. The van der Waals surface area contributed by atoms with Gasteiger partial charge in [0.25, 0.3) is 0 Å². The Morgan fingerprint density at radius 3 is 1.70 bits per heavy atom. The molecule has 1 saturated carbocycles. The molecule has 0 spiro atoms. The second-order valence-corrected chi connectivity index (χ2v) is 9.52. The molecule has 0 bridgehead atoms. The van der Waals surface area contributed by atoms with Crippen LogP contribution < -0.4 is 0 Å². The van der Waals surface area contributed by atoms with Gasteiger partial charge in [0.05, 0.1) is 0 Å². The first-order valence-corrected chi connectivity index (χ1v) is 11.5. The summed E-state index contributed by atoms with van der Waals surface area (Å²) in [4.78, 5) is 10.4. The first-order valence-electron chi connectivity index (χ1n) is 11.5. The van der Waals surface area contributed by atoms with Crippen molar-refractivity contribution in [1.29, 1.82) is 0 Å². The quantitative estimate of drug-likeness (QED) is 0.704. The van der Waals surface area contributed by atoms with E-state index in [2.05, 4.69) is 48.5 Å². The molecule has 7 rings (SSSR count). The molecule has 2 aromatic rings. The molecule has 2 aliphatic heterocycles. The molecule has 2 heterocycles. The third-order valence-corrected chi connectivity index (χ3v) is 7.86. The van der Waals surface area contributed by atoms with Crippen LogP contribution in [0.1, 0.15) is 66.4 Å². The summed E-state index contributed by atoms with van der Waals surface area (Å²) in [5.41, 5.74) is 5.17. The average Bonchev–Trinajstić information content (AvgIpc) is 3.52. The summed E-state index contributed by atoms with van der Waals surface area (Å²) >= 11 is 0. The zero-order valence-corrected chi connectivity index (χ0v) is 17.1. The maximum absolute atomic E-state index is 6.60. The number of hydrogen-bond donors (Lipinski definition) is 0. The Labute approximate surface area is 177 Å². The van der Waals surface area contributed by atoms with E-state index in [-0.39, 0.29) is 29.7 Å². The largest absolute Gasteiger partial charge is 0.474 e. The minimum absolute atomic E-state index is 0.136. The highest BCUT2D eigenvalue weighted by Crippen LogP contribution is 2.51. The smallest absolute Gasteiger partial charge is 0.200 e. The summed E-state index contributed by atoms with van der Waals surface area (Å²) < 4.78 is 13.2. The fourth-order valence-electron chi connectivity index (χ4n) is 6.34. The Morgan fingerprint density at radius 2 is 1.17 bits per heavy atom. The van der Waals surface area contributed by atoms with Gasteiger partial charge in [-0.2, -0.15) is 0 Å². The molecule has 0 aromatic heterocycles. The van der Waals surface area contributed by atoms with Crippen molar-refractivity contribution >= 4 is 11.8 Å². The van der Waals surface area contributed by atoms with Gasteiger partial charge in [-0.05, 0) is 35.1 Å². The van der Waals surface area contributed by atoms with Crippen LogP contribution >= 0.6 is 0 Å². The van der Waals surface area contributed by atoms with E-state index in [4.69, 9.17) is 19.5 Å². The Kier molecular flexibility index (Phi) is 3.53. The van der Waals surface area contributed by atoms with Crippen molar-refractivity contribution in [1.82, 2.24) is 0 Å². The van der Waals surface area contributed by atoms with Crippen LogP contribution in [0.4, 0.5) is 0 Å². The van der Waals surface area contributed by atoms with Crippen LogP contribution in [0.3, 0.4) is 0 Å². The van der Waals surface area contributed by atoms with Gasteiger partial charge in [0.2, 0.25) is 0 Å². The summed E-state index contributed by atoms with van der Waals surface area (Å²) in [5.74, 6) is 1.80. The lowest BCUT2D eigenvalue weighted by molar-refractivity contribution is 0.149. The van der Waals surface area contributed by atoms with Gasteiger partial charge in [0.15, 0.2) is 11.8 Å². The fourth-order valence-corrected chi connectivity index (χ4v) is 6.34. The van der Waals surface area contributed by atoms with Crippen molar-refractivity contribution in [2.75, 3.05) is 0 Å². The van der Waals surface area contributed by atoms with E-state index in [1.54, 1.807) is 0 Å². The Bertz CT molecular complexity index is 1000. The van der Waals surface area contributed by atoms with Gasteiger partial charge in [-0.25, -0.2) is 9.98 Å². The first-order chi connectivity index (χ1) is 14.8. The standard InChI is InChI=1S/C26H26N2O2/c1-6-12-26(13-7-1,24-27-22-18-10-4-2-8-16(18)14-20(22)29-24)25-28-23-19-11-5-3-9-17(19)15-21(23)30-25/h2-5,8-11,20-23H,1,6-7,12-15H2/t20-,21-,22+,23+/m1/s1. The van der Waals surface area contributed by atoms with E-state index in [9.17, 15) is 0 Å². The predicted octanol–water partition coefficient (Wildman–Crippen LogP) is 5.13. The summed E-state index contributed by atoms with van der Waals surface area (Å²) in [6.07, 6.45) is 7.89. The number of nitrogens with zero attached hydrogens (tertiary/aromatic N) is 2. The van der Waals surface area contributed by atoms with E-state index >= 15 is 0 Å². The topological polar surface area (TPSA) is 43.2 Å². The molecule has 4 heteroatoms. The lowest BCUT2D eigenvalue weighted by Crippen LogP contribution is -2.43. The van der Waals surface area contributed by atoms with E-state index in [1.165, 1.54) is 41.5 Å². The minimum Gasteiger partial charge on any atom is -0.474 e. The third kappa shape index (κ3) is 2.28. The van der Waals surface area contributed by atoms with Gasteiger partial charge in [0, 0.05) is 12.8 Å². The van der Waals surface area contributed by atoms with Gasteiger partial charge in [-0.15, -0.1) is 0 Å². The van der Waals surface area contributed by atoms with Gasteiger partial charge in [0.1, 0.15) is 29.7 Å². The highest BCUT2D eigenvalue weighted by Gasteiger charge is 2.54. The molecule has 2 aromatic carbocycles. The van der Waals surface area contributed by atoms with Crippen molar-refractivity contribution in [3.8, 4) is 0 Å². The molecule has 30 heavy (non-hydrogen) atoms. The molecule has 5 aliphatic rings. The Balaban J connectivity index is 1.28. The zero-order chi connectivity index (χ0) is 19.7. The van der Waals surface area contributed by atoms with Crippen molar-refractivity contribution in [2.45, 2.75) is 69.2 Å². The van der Waals surface area contributed by atoms with Crippen LogP contribution in [0, 0.1) is 5.41 Å². The lowest BCUT2D eigenvalue weighted by atomic mass is 9.73. The number of fused-ring (bicyclic) bond motifs is 6. The highest BCUT2D eigenvalue weighted by atomic mass is 16.5. The first kappa shape index (κ1) is 17.1. The number of benzene rings is 2. The average molecular weight is 399 g/mol. The Morgan fingerprint density at radius 1 is 0.667 bits per heavy atom. The monoisotopic (exact) mass is 398 g/mol. The normalized spacial score (nSPS) is 32.3. The van der Waals surface area contributed by atoms with E-state index < -0.39 is 0 Å². The molecule has 4 atom stereocenters. The highest BCUT2D eigenvalue weighted by molar-refractivity contribution is 6.06. The predicted molar refractivity (Wildman–Crippen MR) is 116 cm³/mol. The van der Waals surface area contributed by atoms with Crippen LogP contribution in [0.5, 0.6) is 0 Å². The van der Waals surface area contributed by atoms with Crippen LogP contribution in [0.25, 0.3) is 0 Å². The van der Waals surface area contributed by atoms with Gasteiger partial charge in [-0.1, -0.05) is 67.8 Å². The van der Waals surface area contributed by atoms with Gasteiger partial charge in [-0.3, -0.25) is 0 Å². The molecule has 0 N–H and O–H groups in total. The zero-order valence-electron chi connectivity index (χ0n) is 17.1. The van der Waals surface area contributed by atoms with Crippen LogP contribution in [0.2, 0.25) is 0 Å². The molecule has 4 nitrogen and oxygen atoms in total. The lowest BCUT2D eigenvalue weighted by Gasteiger charge is -2.36. The minimum atomic E-state index is -0.267. The van der Waals surface area contributed by atoms with Crippen molar-refractivity contribution in [3.63, 3.8) is 0 Å². The van der Waals surface area contributed by atoms with E-state index in [0.717, 1.165) is 37.5 Å². The number of aliphatic imine (C=N–C) groups is 2.